The first-order valence-electron chi connectivity index (χ1n) is 4.87. The number of rotatable bonds is 2. The van der Waals surface area contributed by atoms with Crippen LogP contribution in [0.4, 0.5) is 8.78 Å². The third-order valence-corrected chi connectivity index (χ3v) is 2.08. The van der Waals surface area contributed by atoms with E-state index in [9.17, 15) is 8.78 Å². The molecule has 0 aliphatic rings. The summed E-state index contributed by atoms with van der Waals surface area (Å²) in [6, 6.07) is 1.07. The zero-order valence-corrected chi connectivity index (χ0v) is 9.46. The number of halogens is 2. The standard InChI is InChI=1S/C10H17F2N3/c1-6(13)8-5-7(9(11)12)14-15(8)10(2,3)4/h5-6,9H,13H2,1-4H3. The molecule has 0 fully saturated rings. The molecule has 1 aromatic heterocycles. The van der Waals surface area contributed by atoms with Crippen LogP contribution in [0.5, 0.6) is 0 Å². The van der Waals surface area contributed by atoms with Gasteiger partial charge in [0.2, 0.25) is 0 Å². The van der Waals surface area contributed by atoms with Gasteiger partial charge in [0.15, 0.2) is 0 Å². The Bertz CT molecular complexity index is 337. The van der Waals surface area contributed by atoms with Crippen LogP contribution in [0.2, 0.25) is 0 Å². The first-order chi connectivity index (χ1) is 6.73. The molecule has 0 aliphatic carbocycles. The third-order valence-electron chi connectivity index (χ3n) is 2.08. The van der Waals surface area contributed by atoms with Gasteiger partial charge in [-0.3, -0.25) is 4.68 Å². The second-order valence-electron chi connectivity index (χ2n) is 4.67. The highest BCUT2D eigenvalue weighted by Gasteiger charge is 2.24. The first-order valence-corrected chi connectivity index (χ1v) is 4.87. The van der Waals surface area contributed by atoms with Crippen LogP contribution >= 0.6 is 0 Å². The molecular weight excluding hydrogens is 200 g/mol. The Labute approximate surface area is 88.3 Å². The van der Waals surface area contributed by atoms with Gasteiger partial charge in [-0.15, -0.1) is 0 Å². The zero-order valence-electron chi connectivity index (χ0n) is 9.46. The Morgan fingerprint density at radius 3 is 2.20 bits per heavy atom. The van der Waals surface area contributed by atoms with Gasteiger partial charge in [-0.05, 0) is 33.8 Å². The summed E-state index contributed by atoms with van der Waals surface area (Å²) in [6.07, 6.45) is -2.55. The summed E-state index contributed by atoms with van der Waals surface area (Å²) in [5, 5.41) is 3.89. The van der Waals surface area contributed by atoms with E-state index in [1.54, 1.807) is 11.6 Å². The highest BCUT2D eigenvalue weighted by atomic mass is 19.3. The zero-order chi connectivity index (χ0) is 11.8. The number of hydrogen-bond donors (Lipinski definition) is 1. The van der Waals surface area contributed by atoms with Crippen molar-refractivity contribution in [1.82, 2.24) is 9.78 Å². The lowest BCUT2D eigenvalue weighted by atomic mass is 10.1. The molecule has 0 saturated heterocycles. The topological polar surface area (TPSA) is 43.8 Å². The molecule has 1 atom stereocenters. The third kappa shape index (κ3) is 2.53. The molecule has 0 saturated carbocycles. The molecule has 1 aromatic rings. The maximum Gasteiger partial charge on any atom is 0.282 e. The van der Waals surface area contributed by atoms with Crippen molar-refractivity contribution in [2.45, 2.75) is 45.7 Å². The summed E-state index contributed by atoms with van der Waals surface area (Å²) in [5.74, 6) is 0. The van der Waals surface area contributed by atoms with Crippen molar-refractivity contribution in [3.8, 4) is 0 Å². The second-order valence-corrected chi connectivity index (χ2v) is 4.67. The molecule has 3 nitrogen and oxygen atoms in total. The summed E-state index contributed by atoms with van der Waals surface area (Å²) in [6.45, 7) is 7.47. The normalized spacial score (nSPS) is 14.7. The van der Waals surface area contributed by atoms with Gasteiger partial charge in [-0.2, -0.15) is 5.10 Å². The van der Waals surface area contributed by atoms with Gasteiger partial charge in [-0.1, -0.05) is 0 Å². The van der Waals surface area contributed by atoms with Gasteiger partial charge in [0.1, 0.15) is 5.69 Å². The summed E-state index contributed by atoms with van der Waals surface area (Å²) in [7, 11) is 0. The summed E-state index contributed by atoms with van der Waals surface area (Å²) in [4.78, 5) is 0. The Morgan fingerprint density at radius 1 is 1.40 bits per heavy atom. The number of nitrogens with two attached hydrogens (primary N) is 1. The van der Waals surface area contributed by atoms with Crippen molar-refractivity contribution < 1.29 is 8.78 Å². The highest BCUT2D eigenvalue weighted by Crippen LogP contribution is 2.25. The maximum absolute atomic E-state index is 12.5. The average molecular weight is 217 g/mol. The lowest BCUT2D eigenvalue weighted by Gasteiger charge is -2.23. The summed E-state index contributed by atoms with van der Waals surface area (Å²) >= 11 is 0. The smallest absolute Gasteiger partial charge is 0.282 e. The van der Waals surface area contributed by atoms with Crippen LogP contribution in [0, 0.1) is 0 Å². The van der Waals surface area contributed by atoms with Gasteiger partial charge < -0.3 is 5.73 Å². The quantitative estimate of drug-likeness (QED) is 0.827. The van der Waals surface area contributed by atoms with Gasteiger partial charge in [-0.25, -0.2) is 8.78 Å². The number of aromatic nitrogens is 2. The van der Waals surface area contributed by atoms with Crippen LogP contribution in [0.1, 0.15) is 51.6 Å². The van der Waals surface area contributed by atoms with Crippen LogP contribution in [0.3, 0.4) is 0 Å². The van der Waals surface area contributed by atoms with Crippen LogP contribution < -0.4 is 5.73 Å². The lowest BCUT2D eigenvalue weighted by molar-refractivity contribution is 0.143. The van der Waals surface area contributed by atoms with E-state index in [0.29, 0.717) is 5.69 Å². The molecule has 5 heteroatoms. The highest BCUT2D eigenvalue weighted by molar-refractivity contribution is 5.16. The fraction of sp³-hybridized carbons (Fsp3) is 0.700. The van der Waals surface area contributed by atoms with Crippen molar-refractivity contribution in [2.75, 3.05) is 0 Å². The second kappa shape index (κ2) is 3.89. The van der Waals surface area contributed by atoms with Gasteiger partial charge >= 0.3 is 0 Å². The lowest BCUT2D eigenvalue weighted by Crippen LogP contribution is -2.27. The molecule has 1 heterocycles. The molecule has 2 N–H and O–H groups in total. The van der Waals surface area contributed by atoms with Gasteiger partial charge in [0, 0.05) is 6.04 Å². The van der Waals surface area contributed by atoms with Crippen LogP contribution in [-0.4, -0.2) is 9.78 Å². The van der Waals surface area contributed by atoms with Crippen LogP contribution in [0.15, 0.2) is 6.07 Å². The van der Waals surface area contributed by atoms with Crippen LogP contribution in [0.25, 0.3) is 0 Å². The Kier molecular flexibility index (Phi) is 3.13. The predicted molar refractivity (Wildman–Crippen MR) is 54.8 cm³/mol. The molecule has 1 rings (SSSR count). The summed E-state index contributed by atoms with van der Waals surface area (Å²) < 4.78 is 26.6. The Morgan fingerprint density at radius 2 is 1.93 bits per heavy atom. The fourth-order valence-electron chi connectivity index (χ4n) is 1.38. The monoisotopic (exact) mass is 217 g/mol. The molecular formula is C10H17F2N3. The molecule has 0 spiro atoms. The van der Waals surface area contributed by atoms with E-state index in [0.717, 1.165) is 0 Å². The van der Waals surface area contributed by atoms with Crippen LogP contribution in [-0.2, 0) is 5.54 Å². The fourth-order valence-corrected chi connectivity index (χ4v) is 1.38. The average Bonchev–Trinajstić information content (AvgIpc) is 2.45. The molecule has 1 unspecified atom stereocenters. The first kappa shape index (κ1) is 12.1. The number of hydrogen-bond acceptors (Lipinski definition) is 2. The van der Waals surface area contributed by atoms with Crippen molar-refractivity contribution >= 4 is 0 Å². The minimum Gasteiger partial charge on any atom is -0.323 e. The van der Waals surface area contributed by atoms with E-state index in [2.05, 4.69) is 5.10 Å². The predicted octanol–water partition coefficient (Wildman–Crippen LogP) is 2.60. The number of alkyl halides is 2. The van der Waals surface area contributed by atoms with Gasteiger partial charge in [0.25, 0.3) is 6.43 Å². The Balaban J connectivity index is 3.24. The van der Waals surface area contributed by atoms with E-state index in [1.807, 2.05) is 20.8 Å². The minimum atomic E-state index is -2.55. The Hall–Kier alpha value is -0.970. The molecule has 0 radical (unpaired) electrons. The van der Waals surface area contributed by atoms with E-state index in [1.165, 1.54) is 6.07 Å². The molecule has 0 amide bonds. The van der Waals surface area contributed by atoms with E-state index in [4.69, 9.17) is 5.73 Å². The van der Waals surface area contributed by atoms with Crippen molar-refractivity contribution in [2.24, 2.45) is 5.73 Å². The largest absolute Gasteiger partial charge is 0.323 e. The molecule has 0 bridgehead atoms. The maximum atomic E-state index is 12.5. The molecule has 86 valence electrons. The van der Waals surface area contributed by atoms with E-state index >= 15 is 0 Å². The summed E-state index contributed by atoms with van der Waals surface area (Å²) in [5.41, 5.74) is 5.81. The SMILES string of the molecule is CC(N)c1cc(C(F)F)nn1C(C)(C)C. The van der Waals surface area contributed by atoms with E-state index < -0.39 is 6.43 Å². The molecule has 15 heavy (non-hydrogen) atoms. The number of nitrogens with zero attached hydrogens (tertiary/aromatic N) is 2. The van der Waals surface area contributed by atoms with Crippen molar-refractivity contribution in [1.29, 1.82) is 0 Å². The van der Waals surface area contributed by atoms with Gasteiger partial charge in [0.05, 0.1) is 11.2 Å². The minimum absolute atomic E-state index is 0.211. The van der Waals surface area contributed by atoms with E-state index in [-0.39, 0.29) is 17.3 Å². The molecule has 0 aliphatic heterocycles. The molecule has 0 aromatic carbocycles. The van der Waals surface area contributed by atoms with Crippen molar-refractivity contribution in [3.05, 3.63) is 17.5 Å². The van der Waals surface area contributed by atoms with Crippen molar-refractivity contribution in [3.63, 3.8) is 0 Å².